The van der Waals surface area contributed by atoms with Gasteiger partial charge >= 0.3 is 6.09 Å². The summed E-state index contributed by atoms with van der Waals surface area (Å²) in [6.45, 7) is 5.94. The molecule has 1 aromatic heterocycles. The third-order valence-corrected chi connectivity index (χ3v) is 4.93. The number of benzene rings is 1. The Labute approximate surface area is 155 Å². The number of rotatable bonds is 2. The molecule has 1 N–H and O–H groups in total. The van der Waals surface area contributed by atoms with Gasteiger partial charge in [-0.2, -0.15) is 0 Å². The Balaban J connectivity index is 1.71. The van der Waals surface area contributed by atoms with Gasteiger partial charge in [0.25, 0.3) is 0 Å². The van der Waals surface area contributed by atoms with Crippen LogP contribution in [0.1, 0.15) is 33.6 Å². The highest BCUT2D eigenvalue weighted by molar-refractivity contribution is 7.22. The second kappa shape index (κ2) is 6.80. The molecule has 1 aromatic carbocycles. The van der Waals surface area contributed by atoms with Gasteiger partial charge in [-0.3, -0.25) is 9.69 Å². The molecule has 25 heavy (non-hydrogen) atoms. The van der Waals surface area contributed by atoms with Crippen molar-refractivity contribution < 1.29 is 14.3 Å². The number of anilines is 1. The molecule has 0 bridgehead atoms. The van der Waals surface area contributed by atoms with Crippen LogP contribution in [0.5, 0.6) is 0 Å². The third-order valence-electron chi connectivity index (χ3n) is 3.76. The fourth-order valence-electron chi connectivity index (χ4n) is 2.72. The van der Waals surface area contributed by atoms with Crippen molar-refractivity contribution in [3.63, 3.8) is 0 Å². The van der Waals surface area contributed by atoms with Crippen molar-refractivity contribution in [3.8, 4) is 0 Å². The van der Waals surface area contributed by atoms with E-state index < -0.39 is 17.7 Å². The molecule has 1 fully saturated rings. The Morgan fingerprint density at radius 3 is 2.88 bits per heavy atom. The lowest BCUT2D eigenvalue weighted by Gasteiger charge is -2.27. The van der Waals surface area contributed by atoms with Crippen LogP contribution in [0.4, 0.5) is 9.93 Å². The second-order valence-corrected chi connectivity index (χ2v) is 8.42. The molecule has 0 radical (unpaired) electrons. The van der Waals surface area contributed by atoms with E-state index in [1.54, 1.807) is 6.07 Å². The Kier molecular flexibility index (Phi) is 4.88. The van der Waals surface area contributed by atoms with Crippen molar-refractivity contribution in [2.75, 3.05) is 11.9 Å². The summed E-state index contributed by atoms with van der Waals surface area (Å²) in [6.07, 6.45) is 0.926. The summed E-state index contributed by atoms with van der Waals surface area (Å²) in [4.78, 5) is 30.8. The quantitative estimate of drug-likeness (QED) is 0.842. The van der Waals surface area contributed by atoms with E-state index in [2.05, 4.69) is 10.3 Å². The fraction of sp³-hybridized carbons (Fsp3) is 0.471. The number of aromatic nitrogens is 1. The standard InChI is InChI=1S/C17H20ClN3O3S/c1-17(2,3)24-16(23)21-8-4-5-12(21)14(22)20-15-19-11-7-6-10(18)9-13(11)25-15/h6-7,9,12H,4-5,8H2,1-3H3,(H,19,20,22)/t12-/m0/s1. The number of carbonyl (C=O) groups is 2. The molecule has 8 heteroatoms. The summed E-state index contributed by atoms with van der Waals surface area (Å²) >= 11 is 7.33. The second-order valence-electron chi connectivity index (χ2n) is 6.95. The van der Waals surface area contributed by atoms with E-state index in [1.807, 2.05) is 32.9 Å². The van der Waals surface area contributed by atoms with E-state index in [9.17, 15) is 9.59 Å². The molecule has 2 heterocycles. The SMILES string of the molecule is CC(C)(C)OC(=O)N1CCC[C@H]1C(=O)Nc1nc2ccc(Cl)cc2s1. The smallest absolute Gasteiger partial charge is 0.410 e. The molecule has 1 saturated heterocycles. The van der Waals surface area contributed by atoms with Gasteiger partial charge in [-0.15, -0.1) is 0 Å². The van der Waals surface area contributed by atoms with Crippen LogP contribution in [0.2, 0.25) is 5.02 Å². The van der Waals surface area contributed by atoms with Gasteiger partial charge in [0.1, 0.15) is 11.6 Å². The number of fused-ring (bicyclic) bond motifs is 1. The first-order valence-electron chi connectivity index (χ1n) is 8.09. The highest BCUT2D eigenvalue weighted by atomic mass is 35.5. The number of hydrogen-bond acceptors (Lipinski definition) is 5. The number of amides is 2. The third kappa shape index (κ3) is 4.22. The molecule has 0 spiro atoms. The normalized spacial score (nSPS) is 17.8. The van der Waals surface area contributed by atoms with Crippen LogP contribution in [0, 0.1) is 0 Å². The van der Waals surface area contributed by atoms with Crippen molar-refractivity contribution in [2.24, 2.45) is 0 Å². The minimum absolute atomic E-state index is 0.242. The zero-order valence-corrected chi connectivity index (χ0v) is 15.9. The van der Waals surface area contributed by atoms with E-state index in [4.69, 9.17) is 16.3 Å². The van der Waals surface area contributed by atoms with Gasteiger partial charge in [-0.1, -0.05) is 22.9 Å². The Hall–Kier alpha value is -1.86. The van der Waals surface area contributed by atoms with E-state index in [0.29, 0.717) is 23.1 Å². The summed E-state index contributed by atoms with van der Waals surface area (Å²) in [6, 6.07) is 4.85. The van der Waals surface area contributed by atoms with Crippen molar-refractivity contribution in [2.45, 2.75) is 45.3 Å². The van der Waals surface area contributed by atoms with Crippen molar-refractivity contribution in [1.82, 2.24) is 9.88 Å². The van der Waals surface area contributed by atoms with Gasteiger partial charge in [0.05, 0.1) is 10.2 Å². The van der Waals surface area contributed by atoms with Crippen molar-refractivity contribution in [3.05, 3.63) is 23.2 Å². The molecule has 6 nitrogen and oxygen atoms in total. The number of hydrogen-bond donors (Lipinski definition) is 1. The molecule has 2 amide bonds. The van der Waals surface area contributed by atoms with Crippen LogP contribution in [-0.4, -0.2) is 40.1 Å². The summed E-state index contributed by atoms with van der Waals surface area (Å²) in [5.74, 6) is -0.242. The summed E-state index contributed by atoms with van der Waals surface area (Å²) in [7, 11) is 0. The summed E-state index contributed by atoms with van der Waals surface area (Å²) < 4.78 is 6.29. The van der Waals surface area contributed by atoms with Crippen molar-refractivity contribution >= 4 is 50.3 Å². The molecular weight excluding hydrogens is 362 g/mol. The van der Waals surface area contributed by atoms with E-state index >= 15 is 0 Å². The maximum Gasteiger partial charge on any atom is 0.410 e. The van der Waals surface area contributed by atoms with Crippen LogP contribution >= 0.6 is 22.9 Å². The number of nitrogens with zero attached hydrogens (tertiary/aromatic N) is 2. The number of halogens is 1. The maximum absolute atomic E-state index is 12.6. The lowest BCUT2D eigenvalue weighted by atomic mass is 10.2. The van der Waals surface area contributed by atoms with E-state index in [0.717, 1.165) is 16.6 Å². The largest absolute Gasteiger partial charge is 0.444 e. The number of carbonyl (C=O) groups excluding carboxylic acids is 2. The monoisotopic (exact) mass is 381 g/mol. The Bertz CT molecular complexity index is 815. The first-order chi connectivity index (χ1) is 11.7. The number of ether oxygens (including phenoxy) is 1. The van der Waals surface area contributed by atoms with Gasteiger partial charge in [-0.05, 0) is 51.8 Å². The lowest BCUT2D eigenvalue weighted by molar-refractivity contribution is -0.120. The minimum Gasteiger partial charge on any atom is -0.444 e. The Morgan fingerprint density at radius 1 is 1.40 bits per heavy atom. The zero-order chi connectivity index (χ0) is 18.2. The molecule has 2 aromatic rings. The number of nitrogens with one attached hydrogen (secondary N) is 1. The number of thiazole rings is 1. The summed E-state index contributed by atoms with van der Waals surface area (Å²) in [5, 5.41) is 3.94. The fourth-order valence-corrected chi connectivity index (χ4v) is 3.86. The highest BCUT2D eigenvalue weighted by Crippen LogP contribution is 2.29. The van der Waals surface area contributed by atoms with E-state index in [1.165, 1.54) is 16.2 Å². The highest BCUT2D eigenvalue weighted by Gasteiger charge is 2.36. The lowest BCUT2D eigenvalue weighted by Crippen LogP contribution is -2.45. The molecule has 0 unspecified atom stereocenters. The molecule has 0 saturated carbocycles. The molecule has 134 valence electrons. The van der Waals surface area contributed by atoms with Gasteiger partial charge in [0.2, 0.25) is 5.91 Å². The molecular formula is C17H20ClN3O3S. The molecule has 1 aliphatic heterocycles. The minimum atomic E-state index is -0.590. The van der Waals surface area contributed by atoms with E-state index in [-0.39, 0.29) is 5.91 Å². The first kappa shape index (κ1) is 17.9. The predicted octanol–water partition coefficient (Wildman–Crippen LogP) is 4.29. The molecule has 1 atom stereocenters. The van der Waals surface area contributed by atoms with Gasteiger partial charge in [0.15, 0.2) is 5.13 Å². The molecule has 1 aliphatic rings. The maximum atomic E-state index is 12.6. The van der Waals surface area contributed by atoms with Crippen LogP contribution in [0.25, 0.3) is 10.2 Å². The average molecular weight is 382 g/mol. The topological polar surface area (TPSA) is 71.5 Å². The summed E-state index contributed by atoms with van der Waals surface area (Å²) in [5.41, 5.74) is 0.188. The van der Waals surface area contributed by atoms with Gasteiger partial charge in [-0.25, -0.2) is 9.78 Å². The molecule has 0 aliphatic carbocycles. The zero-order valence-electron chi connectivity index (χ0n) is 14.3. The van der Waals surface area contributed by atoms with Gasteiger partial charge < -0.3 is 10.1 Å². The number of likely N-dealkylation sites (tertiary alicyclic amines) is 1. The van der Waals surface area contributed by atoms with Gasteiger partial charge in [0, 0.05) is 11.6 Å². The molecule has 3 rings (SSSR count). The Morgan fingerprint density at radius 2 is 2.16 bits per heavy atom. The van der Waals surface area contributed by atoms with Crippen LogP contribution < -0.4 is 5.32 Å². The first-order valence-corrected chi connectivity index (χ1v) is 9.29. The van der Waals surface area contributed by atoms with Crippen LogP contribution in [0.3, 0.4) is 0 Å². The predicted molar refractivity (Wildman–Crippen MR) is 99.2 cm³/mol. The van der Waals surface area contributed by atoms with Crippen molar-refractivity contribution in [1.29, 1.82) is 0 Å². The van der Waals surface area contributed by atoms with Crippen LogP contribution in [-0.2, 0) is 9.53 Å². The average Bonchev–Trinajstić information content (AvgIpc) is 3.10. The van der Waals surface area contributed by atoms with Crippen LogP contribution in [0.15, 0.2) is 18.2 Å².